The molecule has 0 nitrogen and oxygen atoms in total. The van der Waals surface area contributed by atoms with Gasteiger partial charge in [0.1, 0.15) is 0 Å². The van der Waals surface area contributed by atoms with E-state index in [0.717, 1.165) is 0 Å². The first-order chi connectivity index (χ1) is 12.4. The molecule has 1 heteroatoms. The molecule has 0 fully saturated rings. The van der Waals surface area contributed by atoms with Crippen molar-refractivity contribution in [2.45, 2.75) is 82.7 Å². The maximum atomic E-state index is 2.59. The minimum absolute atomic E-state index is 0.393. The predicted molar refractivity (Wildman–Crippen MR) is 111 cm³/mol. The van der Waals surface area contributed by atoms with Crippen LogP contribution in [0.1, 0.15) is 90.7 Å². The first-order valence-electron chi connectivity index (χ1n) is 10.3. The molecule has 0 bridgehead atoms. The van der Waals surface area contributed by atoms with Crippen molar-refractivity contribution in [3.8, 4) is 0 Å². The van der Waals surface area contributed by atoms with Gasteiger partial charge in [0, 0.05) is 0 Å². The molecule has 138 valence electrons. The molecule has 0 aliphatic heterocycles. The SMILES string of the molecule is CCCCCCC1[C]([Hf][C]2(C)C(C)=C(C)C(C)=C2C)=Cc2ccccc21. The Labute approximate surface area is 172 Å². The first kappa shape index (κ1) is 20.1. The molecule has 26 heavy (non-hydrogen) atoms. The number of rotatable bonds is 7. The summed E-state index contributed by atoms with van der Waals surface area (Å²) in [6.07, 6.45) is 9.44. The van der Waals surface area contributed by atoms with E-state index >= 15 is 0 Å². The third-order valence-electron chi connectivity index (χ3n) is 6.99. The standard InChI is InChI=1S/C15H19.C10H15.Hf/c1-2-3-4-5-8-13-11-12-14-9-6-7-10-15(13)14;1-6-7(2)9(4)10(5)8(6)3;/h6-7,9-10,12-13H,2-5,8H2,1H3;1-5H3;. The number of benzene rings is 1. The van der Waals surface area contributed by atoms with Crippen LogP contribution in [0.25, 0.3) is 6.08 Å². The molecular formula is C25H34Hf. The normalized spacial score (nSPS) is 21.3. The second kappa shape index (κ2) is 8.13. The number of hydrogen-bond acceptors (Lipinski definition) is 0. The van der Waals surface area contributed by atoms with Gasteiger partial charge in [-0.3, -0.25) is 0 Å². The Kier molecular flexibility index (Phi) is 6.27. The fourth-order valence-corrected chi connectivity index (χ4v) is 12.0. The van der Waals surface area contributed by atoms with Crippen molar-refractivity contribution >= 4 is 6.08 Å². The summed E-state index contributed by atoms with van der Waals surface area (Å²) < 4.78 is 2.25. The van der Waals surface area contributed by atoms with Crippen LogP contribution in [0.4, 0.5) is 0 Å². The van der Waals surface area contributed by atoms with Gasteiger partial charge < -0.3 is 0 Å². The average molecular weight is 513 g/mol. The molecule has 1 aromatic carbocycles. The summed E-state index contributed by atoms with van der Waals surface area (Å²) in [6, 6.07) is 9.18. The van der Waals surface area contributed by atoms with Crippen LogP contribution < -0.4 is 0 Å². The molecule has 1 aromatic rings. The van der Waals surface area contributed by atoms with E-state index in [-0.39, 0.29) is 0 Å². The minimum atomic E-state index is -1.02. The van der Waals surface area contributed by atoms with Gasteiger partial charge in [-0.2, -0.15) is 0 Å². The van der Waals surface area contributed by atoms with Crippen molar-refractivity contribution < 1.29 is 22.9 Å². The third kappa shape index (κ3) is 3.53. The van der Waals surface area contributed by atoms with Gasteiger partial charge >= 0.3 is 173 Å². The van der Waals surface area contributed by atoms with E-state index in [2.05, 4.69) is 71.9 Å². The number of hydrogen-bond donors (Lipinski definition) is 0. The van der Waals surface area contributed by atoms with E-state index in [1.807, 2.05) is 3.33 Å². The summed E-state index contributed by atoms with van der Waals surface area (Å²) in [7, 11) is 0. The van der Waals surface area contributed by atoms with Gasteiger partial charge in [-0.25, -0.2) is 0 Å². The molecule has 0 saturated heterocycles. The van der Waals surface area contributed by atoms with Crippen LogP contribution in [0.5, 0.6) is 0 Å². The van der Waals surface area contributed by atoms with Gasteiger partial charge in [0.05, 0.1) is 0 Å². The fourth-order valence-electron chi connectivity index (χ4n) is 4.67. The van der Waals surface area contributed by atoms with Gasteiger partial charge in [-0.15, -0.1) is 0 Å². The molecule has 3 rings (SSSR count). The van der Waals surface area contributed by atoms with E-state index < -0.39 is 22.9 Å². The van der Waals surface area contributed by atoms with Crippen LogP contribution in [0.2, 0.25) is 3.17 Å². The molecule has 0 N–H and O–H groups in total. The van der Waals surface area contributed by atoms with Crippen LogP contribution in [0.3, 0.4) is 0 Å². The second-order valence-corrected chi connectivity index (χ2v) is 14.9. The van der Waals surface area contributed by atoms with Crippen molar-refractivity contribution in [1.82, 2.24) is 0 Å². The van der Waals surface area contributed by atoms with Crippen LogP contribution in [0.15, 0.2) is 49.9 Å². The summed E-state index contributed by atoms with van der Waals surface area (Å²) >= 11 is -1.02. The number of unbranched alkanes of at least 4 members (excludes halogenated alkanes) is 3. The van der Waals surface area contributed by atoms with Crippen molar-refractivity contribution in [3.05, 3.63) is 61.0 Å². The fraction of sp³-hybridized carbons (Fsp3) is 0.520. The summed E-state index contributed by atoms with van der Waals surface area (Å²) in [4.78, 5) is 0. The Morgan fingerprint density at radius 2 is 1.58 bits per heavy atom. The molecule has 0 amide bonds. The molecule has 0 radical (unpaired) electrons. The molecule has 2 aliphatic carbocycles. The third-order valence-corrected chi connectivity index (χ3v) is 14.3. The maximum absolute atomic E-state index is 2.59. The summed E-state index contributed by atoms with van der Waals surface area (Å²) in [5.41, 5.74) is 9.58. The van der Waals surface area contributed by atoms with E-state index in [0.29, 0.717) is 9.09 Å². The monoisotopic (exact) mass is 514 g/mol. The van der Waals surface area contributed by atoms with Crippen LogP contribution in [-0.2, 0) is 22.9 Å². The Morgan fingerprint density at radius 3 is 2.23 bits per heavy atom. The summed E-state index contributed by atoms with van der Waals surface area (Å²) in [5.74, 6) is 0.713. The summed E-state index contributed by atoms with van der Waals surface area (Å²) in [6.45, 7) is 14.3. The molecule has 1 unspecified atom stereocenters. The quantitative estimate of drug-likeness (QED) is 0.256. The van der Waals surface area contributed by atoms with E-state index in [1.165, 1.54) is 37.7 Å². The molecule has 0 saturated carbocycles. The van der Waals surface area contributed by atoms with Crippen molar-refractivity contribution in [3.63, 3.8) is 0 Å². The molecule has 0 spiro atoms. The topological polar surface area (TPSA) is 0 Å². The Hall–Kier alpha value is -0.690. The molecule has 2 aliphatic rings. The summed E-state index contributed by atoms with van der Waals surface area (Å²) in [5, 5.41) is 0. The van der Waals surface area contributed by atoms with Crippen molar-refractivity contribution in [2.24, 2.45) is 0 Å². The van der Waals surface area contributed by atoms with E-state index in [4.69, 9.17) is 0 Å². The van der Waals surface area contributed by atoms with Crippen molar-refractivity contribution in [1.29, 1.82) is 0 Å². The first-order valence-corrected chi connectivity index (χ1v) is 13.9. The Bertz CT molecular complexity index is 751. The Balaban J connectivity index is 1.86. The number of allylic oxidation sites excluding steroid dienone is 5. The zero-order chi connectivity index (χ0) is 18.9. The van der Waals surface area contributed by atoms with Gasteiger partial charge in [-0.05, 0) is 0 Å². The van der Waals surface area contributed by atoms with Crippen LogP contribution >= 0.6 is 0 Å². The van der Waals surface area contributed by atoms with Crippen molar-refractivity contribution in [2.75, 3.05) is 0 Å². The average Bonchev–Trinajstić information content (AvgIpc) is 3.05. The van der Waals surface area contributed by atoms with Gasteiger partial charge in [0.2, 0.25) is 0 Å². The molecule has 0 aromatic heterocycles. The van der Waals surface area contributed by atoms with Gasteiger partial charge in [-0.1, -0.05) is 0 Å². The van der Waals surface area contributed by atoms with E-state index in [1.54, 1.807) is 27.9 Å². The Morgan fingerprint density at radius 1 is 0.923 bits per heavy atom. The zero-order valence-electron chi connectivity index (χ0n) is 17.5. The van der Waals surface area contributed by atoms with Crippen LogP contribution in [0, 0.1) is 0 Å². The molecule has 1 atom stereocenters. The predicted octanol–water partition coefficient (Wildman–Crippen LogP) is 8.04. The van der Waals surface area contributed by atoms with Gasteiger partial charge in [0.25, 0.3) is 0 Å². The van der Waals surface area contributed by atoms with Crippen LogP contribution in [-0.4, -0.2) is 0 Å². The number of fused-ring (bicyclic) bond motifs is 1. The molecular weight excluding hydrogens is 479 g/mol. The van der Waals surface area contributed by atoms with Gasteiger partial charge in [0.15, 0.2) is 0 Å². The second-order valence-electron chi connectivity index (χ2n) is 8.38. The zero-order valence-corrected chi connectivity index (χ0v) is 21.1. The van der Waals surface area contributed by atoms with E-state index in [9.17, 15) is 0 Å². The molecule has 0 heterocycles.